The van der Waals surface area contributed by atoms with Crippen molar-refractivity contribution in [3.05, 3.63) is 106 Å². The molecule has 34 heavy (non-hydrogen) atoms. The summed E-state index contributed by atoms with van der Waals surface area (Å²) >= 11 is 0. The molecule has 1 fully saturated rings. The third kappa shape index (κ3) is 5.72. The molecule has 4 rings (SSSR count). The summed E-state index contributed by atoms with van der Waals surface area (Å²) in [7, 11) is 0. The van der Waals surface area contributed by atoms with E-state index in [1.807, 2.05) is 25.1 Å². The Labute approximate surface area is 200 Å². The first-order valence-corrected chi connectivity index (χ1v) is 11.5. The lowest BCUT2D eigenvalue weighted by Gasteiger charge is -2.36. The molecule has 176 valence electrons. The second-order valence-corrected chi connectivity index (χ2v) is 9.22. The van der Waals surface area contributed by atoms with Gasteiger partial charge < -0.3 is 9.84 Å². The van der Waals surface area contributed by atoms with Crippen LogP contribution < -0.4 is 4.74 Å². The smallest absolute Gasteiger partial charge is 0.309 e. The lowest BCUT2D eigenvalue weighted by Crippen LogP contribution is -2.50. The lowest BCUT2D eigenvalue weighted by molar-refractivity contribution is -0.147. The van der Waals surface area contributed by atoms with Gasteiger partial charge in [-0.2, -0.15) is 0 Å². The molecule has 2 heterocycles. The number of carbonyl (C=O) groups is 1. The van der Waals surface area contributed by atoms with Crippen molar-refractivity contribution >= 4 is 12.0 Å². The summed E-state index contributed by atoms with van der Waals surface area (Å²) in [5, 5.41) is 9.02. The minimum Gasteiger partial charge on any atom is -0.488 e. The van der Waals surface area contributed by atoms with Crippen LogP contribution in [0, 0.1) is 12.8 Å². The number of carboxylic acids is 1. The first kappa shape index (κ1) is 23.7. The molecule has 2 aromatic rings. The fourth-order valence-corrected chi connectivity index (χ4v) is 4.29. The second kappa shape index (κ2) is 10.2. The van der Waals surface area contributed by atoms with Crippen LogP contribution in [0.3, 0.4) is 0 Å². The predicted molar refractivity (Wildman–Crippen MR) is 134 cm³/mol. The summed E-state index contributed by atoms with van der Waals surface area (Å²) in [6.07, 6.45) is 6.40. The summed E-state index contributed by atoms with van der Waals surface area (Å²) < 4.78 is 20.3. The molecule has 0 bridgehead atoms. The van der Waals surface area contributed by atoms with Crippen molar-refractivity contribution < 1.29 is 19.0 Å². The van der Waals surface area contributed by atoms with Gasteiger partial charge in [0.1, 0.15) is 18.2 Å². The molecule has 0 aliphatic carbocycles. The molecular formula is C29H30FNO3. The van der Waals surface area contributed by atoms with E-state index in [9.17, 15) is 9.18 Å². The van der Waals surface area contributed by atoms with Crippen molar-refractivity contribution in [2.75, 3.05) is 26.2 Å². The van der Waals surface area contributed by atoms with Crippen LogP contribution in [0.15, 0.2) is 83.7 Å². The van der Waals surface area contributed by atoms with Crippen LogP contribution in [0.4, 0.5) is 4.39 Å². The number of benzene rings is 2. The van der Waals surface area contributed by atoms with Gasteiger partial charge in [-0.3, -0.25) is 9.69 Å². The van der Waals surface area contributed by atoms with Gasteiger partial charge in [0.05, 0.1) is 5.92 Å². The van der Waals surface area contributed by atoms with E-state index in [1.165, 1.54) is 16.7 Å². The van der Waals surface area contributed by atoms with Crippen molar-refractivity contribution in [3.8, 4) is 5.75 Å². The largest absolute Gasteiger partial charge is 0.488 e. The van der Waals surface area contributed by atoms with E-state index in [0.717, 1.165) is 28.9 Å². The quantitative estimate of drug-likeness (QED) is 0.512. The molecule has 0 spiro atoms. The highest BCUT2D eigenvalue weighted by atomic mass is 19.1. The normalized spacial score (nSPS) is 16.9. The number of halogens is 1. The number of carboxylic acid groups (broad SMARTS) is 1. The molecule has 0 aromatic heterocycles. The van der Waals surface area contributed by atoms with Crippen molar-refractivity contribution in [3.63, 3.8) is 0 Å². The molecule has 2 aromatic carbocycles. The van der Waals surface area contributed by atoms with Gasteiger partial charge in [0.25, 0.3) is 0 Å². The van der Waals surface area contributed by atoms with E-state index in [4.69, 9.17) is 9.84 Å². The Morgan fingerprint density at radius 1 is 1.18 bits per heavy atom. The van der Waals surface area contributed by atoms with Gasteiger partial charge in [-0.1, -0.05) is 60.2 Å². The van der Waals surface area contributed by atoms with Crippen LogP contribution >= 0.6 is 0 Å². The monoisotopic (exact) mass is 459 g/mol. The van der Waals surface area contributed by atoms with Crippen LogP contribution in [0.2, 0.25) is 0 Å². The van der Waals surface area contributed by atoms with E-state index < -0.39 is 11.8 Å². The molecule has 0 amide bonds. The van der Waals surface area contributed by atoms with E-state index in [-0.39, 0.29) is 12.5 Å². The molecule has 0 saturated carbocycles. The molecule has 0 unspecified atom stereocenters. The molecule has 2 aliphatic rings. The molecule has 5 heteroatoms. The average Bonchev–Trinajstić information content (AvgIpc) is 2.77. The van der Waals surface area contributed by atoms with E-state index in [2.05, 4.69) is 54.8 Å². The minimum atomic E-state index is -0.750. The maximum absolute atomic E-state index is 14.4. The lowest BCUT2D eigenvalue weighted by atomic mass is 9.96. The van der Waals surface area contributed by atoms with Gasteiger partial charge in [0.2, 0.25) is 0 Å². The Morgan fingerprint density at radius 3 is 2.56 bits per heavy atom. The molecule has 4 nitrogen and oxygen atoms in total. The number of rotatable bonds is 8. The molecular weight excluding hydrogens is 429 g/mol. The van der Waals surface area contributed by atoms with Gasteiger partial charge in [-0.05, 0) is 49.6 Å². The first-order valence-electron chi connectivity index (χ1n) is 11.5. The van der Waals surface area contributed by atoms with Crippen LogP contribution in [-0.2, 0) is 11.2 Å². The van der Waals surface area contributed by atoms with Crippen molar-refractivity contribution in [2.24, 2.45) is 5.92 Å². The molecule has 1 saturated heterocycles. The zero-order valence-electron chi connectivity index (χ0n) is 19.7. The molecule has 2 aliphatic heterocycles. The first-order chi connectivity index (χ1) is 16.3. The number of ether oxygens (including phenoxy) is 1. The topological polar surface area (TPSA) is 49.8 Å². The Morgan fingerprint density at radius 2 is 1.88 bits per heavy atom. The maximum Gasteiger partial charge on any atom is 0.309 e. The zero-order chi connectivity index (χ0) is 24.2. The number of allylic oxidation sites excluding steroid dienone is 3. The number of hydrogen-bond acceptors (Lipinski definition) is 3. The molecule has 1 N–H and O–H groups in total. The van der Waals surface area contributed by atoms with Crippen LogP contribution in [0.25, 0.3) is 6.08 Å². The van der Waals surface area contributed by atoms with Crippen LogP contribution in [0.5, 0.6) is 5.75 Å². The fraction of sp³-hybridized carbons (Fsp3) is 0.276. The molecule has 0 atom stereocenters. The highest BCUT2D eigenvalue weighted by Crippen LogP contribution is 2.32. The number of hydrogen-bond donors (Lipinski definition) is 1. The van der Waals surface area contributed by atoms with E-state index >= 15 is 0 Å². The predicted octanol–water partition coefficient (Wildman–Crippen LogP) is 5.73. The molecule has 0 radical (unpaired) electrons. The van der Waals surface area contributed by atoms with Gasteiger partial charge in [-0.25, -0.2) is 4.39 Å². The number of likely N-dealkylation sites (tertiary alicyclic amines) is 1. The standard InChI is InChI=1S/C29H30FNO3/c1-19-4-7-22(8-5-19)12-23-9-11-28-24(13-23)14-25(18-34-28)27(21(3)30)10-6-20(2)15-31-16-26(17-31)29(32)33/h4-11,13-14,26H,3,12,15-18H2,1-2H3,(H,32,33)/b20-6+,27-10+. The number of aryl methyl sites for hydroxylation is 1. The SMILES string of the molecule is C=C(F)/C(=C\C=C(/C)CN1CC(C(=O)O)C1)C1=Cc2cc(Cc3ccc(C)cc3)ccc2OC1. The Hall–Kier alpha value is -3.44. The summed E-state index contributed by atoms with van der Waals surface area (Å²) in [6, 6.07) is 14.6. The van der Waals surface area contributed by atoms with E-state index in [0.29, 0.717) is 25.2 Å². The van der Waals surface area contributed by atoms with E-state index in [1.54, 1.807) is 6.08 Å². The van der Waals surface area contributed by atoms with Crippen molar-refractivity contribution in [1.29, 1.82) is 0 Å². The number of fused-ring (bicyclic) bond motifs is 1. The Balaban J connectivity index is 1.49. The maximum atomic E-state index is 14.4. The van der Waals surface area contributed by atoms with Crippen molar-refractivity contribution in [1.82, 2.24) is 4.90 Å². The van der Waals surface area contributed by atoms with Crippen LogP contribution in [0.1, 0.15) is 29.2 Å². The third-order valence-electron chi connectivity index (χ3n) is 6.27. The summed E-state index contributed by atoms with van der Waals surface area (Å²) in [5.74, 6) is -0.754. The third-order valence-corrected chi connectivity index (χ3v) is 6.27. The van der Waals surface area contributed by atoms with Gasteiger partial charge >= 0.3 is 5.97 Å². The van der Waals surface area contributed by atoms with Crippen molar-refractivity contribution in [2.45, 2.75) is 20.3 Å². The van der Waals surface area contributed by atoms with Gasteiger partial charge in [-0.15, -0.1) is 0 Å². The number of aliphatic carboxylic acids is 1. The Bertz CT molecular complexity index is 1180. The Kier molecular flexibility index (Phi) is 7.13. The highest BCUT2D eigenvalue weighted by molar-refractivity contribution is 5.71. The van der Waals surface area contributed by atoms with Gasteiger partial charge in [0.15, 0.2) is 0 Å². The minimum absolute atomic E-state index is 0.276. The summed E-state index contributed by atoms with van der Waals surface area (Å²) in [4.78, 5) is 13.0. The fourth-order valence-electron chi connectivity index (χ4n) is 4.29. The second-order valence-electron chi connectivity index (χ2n) is 9.22. The zero-order valence-corrected chi connectivity index (χ0v) is 19.7. The average molecular weight is 460 g/mol. The van der Waals surface area contributed by atoms with Gasteiger partial charge in [0, 0.05) is 36.3 Å². The summed E-state index contributed by atoms with van der Waals surface area (Å²) in [6.45, 7) is 9.60. The number of nitrogens with zero attached hydrogens (tertiary/aromatic N) is 1. The highest BCUT2D eigenvalue weighted by Gasteiger charge is 2.32. The summed E-state index contributed by atoms with van der Waals surface area (Å²) in [5.41, 5.74) is 6.76. The van der Waals surface area contributed by atoms with Crippen LogP contribution in [-0.4, -0.2) is 42.2 Å².